The predicted octanol–water partition coefficient (Wildman–Crippen LogP) is 3.93. The Balaban J connectivity index is 1.60. The molecule has 0 aliphatic carbocycles. The second-order valence-corrected chi connectivity index (χ2v) is 10.7. The minimum absolute atomic E-state index is 0.114. The van der Waals surface area contributed by atoms with Crippen molar-refractivity contribution in [3.8, 4) is 5.75 Å². The Bertz CT molecular complexity index is 1090. The number of fused-ring (bicyclic) bond motifs is 1. The third kappa shape index (κ3) is 4.77. The summed E-state index contributed by atoms with van der Waals surface area (Å²) in [4.78, 5) is 15.3. The maximum absolute atomic E-state index is 13.4. The van der Waals surface area contributed by atoms with Crippen molar-refractivity contribution in [2.24, 2.45) is 0 Å². The highest BCUT2D eigenvalue weighted by Crippen LogP contribution is 2.33. The SMILES string of the molecule is CC(C)Oc1ccc(S(C)(=O)=O)cc1C(=O)N1Cc2ccc(C3CCCOC3)cc2C1. The molecule has 2 heterocycles. The van der Waals surface area contributed by atoms with E-state index in [1.807, 2.05) is 13.8 Å². The maximum Gasteiger partial charge on any atom is 0.258 e. The smallest absolute Gasteiger partial charge is 0.258 e. The molecule has 31 heavy (non-hydrogen) atoms. The standard InChI is InChI=1S/C24H29NO5S/c1-16(2)30-23-9-8-21(31(3,27)28)12-22(23)24(26)25-13-18-7-6-17(11-20(18)14-25)19-5-4-10-29-15-19/h6-9,11-12,16,19H,4-5,10,13-15H2,1-3H3. The molecule has 2 aliphatic rings. The molecule has 1 amide bonds. The van der Waals surface area contributed by atoms with E-state index in [1.165, 1.54) is 17.7 Å². The lowest BCUT2D eigenvalue weighted by Crippen LogP contribution is -2.26. The highest BCUT2D eigenvalue weighted by atomic mass is 32.2. The number of amides is 1. The zero-order chi connectivity index (χ0) is 22.2. The van der Waals surface area contributed by atoms with Crippen LogP contribution in [0.4, 0.5) is 0 Å². The summed E-state index contributed by atoms with van der Waals surface area (Å²) in [6.45, 7) is 6.33. The van der Waals surface area contributed by atoms with Crippen LogP contribution in [0, 0.1) is 0 Å². The topological polar surface area (TPSA) is 72.9 Å². The van der Waals surface area contributed by atoms with E-state index in [0.717, 1.165) is 43.4 Å². The summed E-state index contributed by atoms with van der Waals surface area (Å²) in [5.41, 5.74) is 3.81. The van der Waals surface area contributed by atoms with E-state index >= 15 is 0 Å². The Morgan fingerprint density at radius 3 is 2.58 bits per heavy atom. The molecule has 1 unspecified atom stereocenters. The monoisotopic (exact) mass is 443 g/mol. The maximum atomic E-state index is 13.4. The van der Waals surface area contributed by atoms with Gasteiger partial charge < -0.3 is 14.4 Å². The van der Waals surface area contributed by atoms with E-state index in [9.17, 15) is 13.2 Å². The number of carbonyl (C=O) groups excluding carboxylic acids is 1. The van der Waals surface area contributed by atoms with Crippen LogP contribution in [0.3, 0.4) is 0 Å². The molecule has 0 aromatic heterocycles. The molecule has 6 nitrogen and oxygen atoms in total. The molecule has 2 aromatic rings. The van der Waals surface area contributed by atoms with Crippen molar-refractivity contribution < 1.29 is 22.7 Å². The van der Waals surface area contributed by atoms with Crippen LogP contribution >= 0.6 is 0 Å². The van der Waals surface area contributed by atoms with Crippen molar-refractivity contribution in [3.05, 3.63) is 58.7 Å². The molecule has 1 atom stereocenters. The van der Waals surface area contributed by atoms with Gasteiger partial charge in [0.25, 0.3) is 5.91 Å². The minimum Gasteiger partial charge on any atom is -0.490 e. The quantitative estimate of drug-likeness (QED) is 0.700. The lowest BCUT2D eigenvalue weighted by molar-refractivity contribution is 0.0744. The van der Waals surface area contributed by atoms with E-state index < -0.39 is 9.84 Å². The van der Waals surface area contributed by atoms with Crippen LogP contribution in [0.25, 0.3) is 0 Å². The summed E-state index contributed by atoms with van der Waals surface area (Å²) >= 11 is 0. The average Bonchev–Trinajstić information content (AvgIpc) is 3.16. The minimum atomic E-state index is -3.44. The van der Waals surface area contributed by atoms with Gasteiger partial charge in [-0.15, -0.1) is 0 Å². The molecule has 0 spiro atoms. The van der Waals surface area contributed by atoms with E-state index in [-0.39, 0.29) is 22.5 Å². The van der Waals surface area contributed by atoms with Crippen LogP contribution in [-0.2, 0) is 27.7 Å². The first-order chi connectivity index (χ1) is 14.7. The molecule has 2 aliphatic heterocycles. The number of rotatable bonds is 5. The van der Waals surface area contributed by atoms with Gasteiger partial charge in [0.2, 0.25) is 0 Å². The average molecular weight is 444 g/mol. The van der Waals surface area contributed by atoms with Crippen molar-refractivity contribution in [3.63, 3.8) is 0 Å². The fourth-order valence-corrected chi connectivity index (χ4v) is 4.90. The molecule has 0 N–H and O–H groups in total. The fraction of sp³-hybridized carbons (Fsp3) is 0.458. The summed E-state index contributed by atoms with van der Waals surface area (Å²) in [7, 11) is -3.44. The first-order valence-corrected chi connectivity index (χ1v) is 12.6. The summed E-state index contributed by atoms with van der Waals surface area (Å²) in [5.74, 6) is 0.588. The van der Waals surface area contributed by atoms with Crippen LogP contribution in [0.15, 0.2) is 41.3 Å². The van der Waals surface area contributed by atoms with Crippen LogP contribution in [0.2, 0.25) is 0 Å². The van der Waals surface area contributed by atoms with Gasteiger partial charge in [-0.25, -0.2) is 8.42 Å². The number of hydrogen-bond donors (Lipinski definition) is 0. The van der Waals surface area contributed by atoms with Crippen molar-refractivity contribution in [2.45, 2.75) is 56.7 Å². The molecule has 166 valence electrons. The van der Waals surface area contributed by atoms with Gasteiger partial charge in [-0.1, -0.05) is 18.2 Å². The van der Waals surface area contributed by atoms with E-state index in [2.05, 4.69) is 18.2 Å². The Labute approximate surface area is 184 Å². The highest BCUT2D eigenvalue weighted by molar-refractivity contribution is 7.90. The third-order valence-electron chi connectivity index (χ3n) is 5.84. The lowest BCUT2D eigenvalue weighted by Gasteiger charge is -2.22. The van der Waals surface area contributed by atoms with Gasteiger partial charge in [-0.05, 0) is 61.6 Å². The molecule has 0 bridgehead atoms. The lowest BCUT2D eigenvalue weighted by atomic mass is 9.91. The number of benzene rings is 2. The summed E-state index contributed by atoms with van der Waals surface area (Å²) in [5, 5.41) is 0. The summed E-state index contributed by atoms with van der Waals surface area (Å²) in [6.07, 6.45) is 3.20. The van der Waals surface area contributed by atoms with E-state index in [1.54, 1.807) is 11.0 Å². The highest BCUT2D eigenvalue weighted by Gasteiger charge is 2.28. The van der Waals surface area contributed by atoms with E-state index in [0.29, 0.717) is 24.8 Å². The van der Waals surface area contributed by atoms with Crippen molar-refractivity contribution >= 4 is 15.7 Å². The normalized spacial score (nSPS) is 18.8. The summed E-state index contributed by atoms with van der Waals surface area (Å²) in [6, 6.07) is 10.9. The van der Waals surface area contributed by atoms with Gasteiger partial charge in [0.1, 0.15) is 5.75 Å². The van der Waals surface area contributed by atoms with Crippen LogP contribution in [-0.4, -0.2) is 44.8 Å². The summed E-state index contributed by atoms with van der Waals surface area (Å²) < 4.78 is 35.5. The van der Waals surface area contributed by atoms with Gasteiger partial charge in [-0.2, -0.15) is 0 Å². The molecule has 2 aromatic carbocycles. The zero-order valence-electron chi connectivity index (χ0n) is 18.3. The van der Waals surface area contributed by atoms with Crippen LogP contribution in [0.1, 0.15) is 59.7 Å². The second-order valence-electron chi connectivity index (χ2n) is 8.70. The Kier molecular flexibility index (Phi) is 6.08. The van der Waals surface area contributed by atoms with Crippen LogP contribution in [0.5, 0.6) is 5.75 Å². The molecule has 7 heteroatoms. The Hall–Kier alpha value is -2.38. The zero-order valence-corrected chi connectivity index (χ0v) is 19.1. The predicted molar refractivity (Wildman–Crippen MR) is 118 cm³/mol. The first-order valence-electron chi connectivity index (χ1n) is 10.7. The van der Waals surface area contributed by atoms with Gasteiger partial charge in [0, 0.05) is 31.9 Å². The number of carbonyl (C=O) groups is 1. The second kappa shape index (κ2) is 8.63. The Morgan fingerprint density at radius 2 is 1.90 bits per heavy atom. The van der Waals surface area contributed by atoms with Crippen molar-refractivity contribution in [2.75, 3.05) is 19.5 Å². The van der Waals surface area contributed by atoms with Crippen LogP contribution < -0.4 is 4.74 Å². The largest absolute Gasteiger partial charge is 0.490 e. The molecule has 1 fully saturated rings. The van der Waals surface area contributed by atoms with Crippen molar-refractivity contribution in [1.82, 2.24) is 4.90 Å². The van der Waals surface area contributed by atoms with Gasteiger partial charge >= 0.3 is 0 Å². The molecule has 0 saturated carbocycles. The van der Waals surface area contributed by atoms with Crippen molar-refractivity contribution in [1.29, 1.82) is 0 Å². The van der Waals surface area contributed by atoms with E-state index in [4.69, 9.17) is 9.47 Å². The number of hydrogen-bond acceptors (Lipinski definition) is 5. The molecular weight excluding hydrogens is 414 g/mol. The van der Waals surface area contributed by atoms with Gasteiger partial charge in [-0.3, -0.25) is 4.79 Å². The Morgan fingerprint density at radius 1 is 1.13 bits per heavy atom. The number of ether oxygens (including phenoxy) is 2. The van der Waals surface area contributed by atoms with Gasteiger partial charge in [0.15, 0.2) is 9.84 Å². The third-order valence-corrected chi connectivity index (χ3v) is 6.95. The van der Waals surface area contributed by atoms with Gasteiger partial charge in [0.05, 0.1) is 23.2 Å². The number of nitrogens with zero attached hydrogens (tertiary/aromatic N) is 1. The number of sulfone groups is 1. The molecule has 1 saturated heterocycles. The first kappa shape index (κ1) is 21.8. The molecular formula is C24H29NO5S. The fourth-order valence-electron chi connectivity index (χ4n) is 4.25. The molecule has 0 radical (unpaired) electrons. The molecule has 4 rings (SSSR count).